The van der Waals surface area contributed by atoms with Gasteiger partial charge in [0.2, 0.25) is 5.91 Å². The normalized spacial score (nSPS) is 24.0. The summed E-state index contributed by atoms with van der Waals surface area (Å²) in [7, 11) is 6.77. The Morgan fingerprint density at radius 1 is 1.08 bits per heavy atom. The lowest BCUT2D eigenvalue weighted by molar-refractivity contribution is -0.133. The van der Waals surface area contributed by atoms with Crippen molar-refractivity contribution in [1.29, 1.82) is 0 Å². The van der Waals surface area contributed by atoms with E-state index < -0.39 is 0 Å². The van der Waals surface area contributed by atoms with Crippen LogP contribution in [0.3, 0.4) is 0 Å². The molecular formula is C19H28N2O5. The van der Waals surface area contributed by atoms with E-state index in [1.807, 2.05) is 19.2 Å². The van der Waals surface area contributed by atoms with Gasteiger partial charge in [-0.15, -0.1) is 0 Å². The summed E-state index contributed by atoms with van der Waals surface area (Å²) in [5.41, 5.74) is 1.06. The fourth-order valence-electron chi connectivity index (χ4n) is 3.82. The summed E-state index contributed by atoms with van der Waals surface area (Å²) in [6.07, 6.45) is 1.09. The molecular weight excluding hydrogens is 336 g/mol. The van der Waals surface area contributed by atoms with Gasteiger partial charge in [-0.1, -0.05) is 0 Å². The minimum atomic E-state index is 0.0625. The maximum Gasteiger partial charge on any atom is 0.248 e. The minimum Gasteiger partial charge on any atom is -0.496 e. The number of likely N-dealkylation sites (tertiary alicyclic amines) is 1. The third-order valence-electron chi connectivity index (χ3n) is 5.28. The van der Waals surface area contributed by atoms with Crippen LogP contribution in [0.15, 0.2) is 12.1 Å². The van der Waals surface area contributed by atoms with Crippen LogP contribution >= 0.6 is 0 Å². The lowest BCUT2D eigenvalue weighted by Gasteiger charge is -2.38. The van der Waals surface area contributed by atoms with Gasteiger partial charge in [0, 0.05) is 50.8 Å². The van der Waals surface area contributed by atoms with Crippen LogP contribution < -0.4 is 14.2 Å². The van der Waals surface area contributed by atoms with Crippen molar-refractivity contribution in [2.45, 2.75) is 19.1 Å². The van der Waals surface area contributed by atoms with E-state index in [0.717, 1.165) is 43.9 Å². The Hall–Kier alpha value is -1.99. The molecule has 0 aromatic heterocycles. The van der Waals surface area contributed by atoms with E-state index in [9.17, 15) is 4.79 Å². The van der Waals surface area contributed by atoms with E-state index in [2.05, 4.69) is 4.90 Å². The smallest absolute Gasteiger partial charge is 0.248 e. The molecule has 2 saturated heterocycles. The molecule has 1 aromatic rings. The van der Waals surface area contributed by atoms with Gasteiger partial charge in [0.05, 0.1) is 27.4 Å². The molecule has 0 bridgehead atoms. The highest BCUT2D eigenvalue weighted by molar-refractivity contribution is 5.77. The van der Waals surface area contributed by atoms with Crippen LogP contribution in [0, 0.1) is 5.92 Å². The van der Waals surface area contributed by atoms with Gasteiger partial charge in [-0.05, 0) is 12.5 Å². The molecule has 2 heterocycles. The third-order valence-corrected chi connectivity index (χ3v) is 5.28. The first-order chi connectivity index (χ1) is 12.5. The zero-order valence-electron chi connectivity index (χ0n) is 16.0. The summed E-state index contributed by atoms with van der Waals surface area (Å²) >= 11 is 0. The van der Waals surface area contributed by atoms with Gasteiger partial charge in [0.25, 0.3) is 0 Å². The summed E-state index contributed by atoms with van der Waals surface area (Å²) in [6, 6.07) is 3.84. The molecule has 7 heteroatoms. The number of benzene rings is 1. The number of hydrogen-bond acceptors (Lipinski definition) is 6. The topological polar surface area (TPSA) is 60.5 Å². The Bertz CT molecular complexity index is 651. The van der Waals surface area contributed by atoms with Crippen molar-refractivity contribution in [2.24, 2.45) is 5.92 Å². The molecule has 3 rings (SSSR count). The first-order valence-electron chi connectivity index (χ1n) is 8.92. The number of nitrogens with zero attached hydrogens (tertiary/aromatic N) is 2. The predicted octanol–water partition coefficient (Wildman–Crippen LogP) is 1.39. The highest BCUT2D eigenvalue weighted by Gasteiger charge is 2.34. The Morgan fingerprint density at radius 3 is 2.46 bits per heavy atom. The molecule has 0 aliphatic carbocycles. The van der Waals surface area contributed by atoms with Gasteiger partial charge < -0.3 is 23.8 Å². The second-order valence-corrected chi connectivity index (χ2v) is 6.93. The van der Waals surface area contributed by atoms with Crippen LogP contribution in [-0.4, -0.2) is 76.4 Å². The van der Waals surface area contributed by atoms with Crippen molar-refractivity contribution >= 4 is 5.91 Å². The minimum absolute atomic E-state index is 0.0625. The van der Waals surface area contributed by atoms with Crippen molar-refractivity contribution in [1.82, 2.24) is 9.80 Å². The number of ether oxygens (including phenoxy) is 4. The number of piperidine rings is 1. The molecule has 0 saturated carbocycles. The average molecular weight is 364 g/mol. The van der Waals surface area contributed by atoms with Crippen LogP contribution in [0.1, 0.15) is 12.0 Å². The average Bonchev–Trinajstić information content (AvgIpc) is 2.79. The van der Waals surface area contributed by atoms with Crippen molar-refractivity contribution in [3.05, 3.63) is 17.7 Å². The number of likely N-dealkylation sites (N-methyl/N-ethyl adjacent to an activating group) is 1. The van der Waals surface area contributed by atoms with Crippen molar-refractivity contribution in [3.63, 3.8) is 0 Å². The number of methoxy groups -OCH3 is 3. The Labute approximate surface area is 154 Å². The first-order valence-corrected chi connectivity index (χ1v) is 8.92. The molecule has 0 unspecified atom stereocenters. The first kappa shape index (κ1) is 18.8. The zero-order chi connectivity index (χ0) is 18.7. The molecule has 2 aliphatic rings. The Kier molecular flexibility index (Phi) is 5.88. The number of hydrogen-bond donors (Lipinski definition) is 0. The van der Waals surface area contributed by atoms with Gasteiger partial charge in [-0.3, -0.25) is 9.69 Å². The molecule has 26 heavy (non-hydrogen) atoms. The monoisotopic (exact) mass is 364 g/mol. The summed E-state index contributed by atoms with van der Waals surface area (Å²) in [5.74, 6) is 2.53. The number of carbonyl (C=O) groups excluding carboxylic acids is 1. The number of carbonyl (C=O) groups is 1. The van der Waals surface area contributed by atoms with Crippen LogP contribution in [0.2, 0.25) is 0 Å². The van der Waals surface area contributed by atoms with E-state index in [0.29, 0.717) is 17.4 Å². The SMILES string of the molecule is COc1cc(OC)c(OC)cc1CN1CC[C@@H]2OCC(=O)N(C)C[C@H]2C1. The van der Waals surface area contributed by atoms with Crippen molar-refractivity contribution < 1.29 is 23.7 Å². The van der Waals surface area contributed by atoms with Crippen molar-refractivity contribution in [2.75, 3.05) is 54.6 Å². The molecule has 1 amide bonds. The van der Waals surface area contributed by atoms with Crippen LogP contribution in [0.4, 0.5) is 0 Å². The Morgan fingerprint density at radius 2 is 1.77 bits per heavy atom. The van der Waals surface area contributed by atoms with Crippen LogP contribution in [-0.2, 0) is 16.1 Å². The molecule has 0 N–H and O–H groups in total. The van der Waals surface area contributed by atoms with Gasteiger partial charge in [0.15, 0.2) is 11.5 Å². The largest absolute Gasteiger partial charge is 0.496 e. The molecule has 2 fully saturated rings. The van der Waals surface area contributed by atoms with E-state index in [1.165, 1.54) is 0 Å². The van der Waals surface area contributed by atoms with Gasteiger partial charge in [-0.2, -0.15) is 0 Å². The van der Waals surface area contributed by atoms with E-state index in [4.69, 9.17) is 18.9 Å². The lowest BCUT2D eigenvalue weighted by atomic mass is 9.93. The quantitative estimate of drug-likeness (QED) is 0.787. The van der Waals surface area contributed by atoms with E-state index in [-0.39, 0.29) is 18.6 Å². The molecule has 1 aromatic carbocycles. The fraction of sp³-hybridized carbons (Fsp3) is 0.632. The van der Waals surface area contributed by atoms with Crippen LogP contribution in [0.25, 0.3) is 0 Å². The summed E-state index contributed by atoms with van der Waals surface area (Å²) in [5, 5.41) is 0. The highest BCUT2D eigenvalue weighted by atomic mass is 16.5. The second-order valence-electron chi connectivity index (χ2n) is 6.93. The predicted molar refractivity (Wildman–Crippen MR) is 96.9 cm³/mol. The summed E-state index contributed by atoms with van der Waals surface area (Å²) in [6.45, 7) is 3.50. The molecule has 0 radical (unpaired) electrons. The molecule has 7 nitrogen and oxygen atoms in total. The standard InChI is InChI=1S/C19H28N2O5/c1-20-9-14-11-21(6-5-15(14)26-12-19(20)22)10-13-7-17(24-3)18(25-4)8-16(13)23-2/h7-8,14-15H,5-6,9-12H2,1-4H3/t14-,15-/m0/s1. The fourth-order valence-corrected chi connectivity index (χ4v) is 3.82. The van der Waals surface area contributed by atoms with E-state index in [1.54, 1.807) is 26.2 Å². The molecule has 144 valence electrons. The summed E-state index contributed by atoms with van der Waals surface area (Å²) < 4.78 is 22.2. The lowest BCUT2D eigenvalue weighted by Crippen LogP contribution is -2.46. The molecule has 2 atom stereocenters. The number of rotatable bonds is 5. The Balaban J connectivity index is 1.74. The van der Waals surface area contributed by atoms with Gasteiger partial charge >= 0.3 is 0 Å². The summed E-state index contributed by atoms with van der Waals surface area (Å²) in [4.78, 5) is 16.1. The van der Waals surface area contributed by atoms with Gasteiger partial charge in [-0.25, -0.2) is 0 Å². The molecule has 0 spiro atoms. The maximum atomic E-state index is 11.9. The zero-order valence-corrected chi connectivity index (χ0v) is 16.0. The third kappa shape index (κ3) is 3.88. The number of fused-ring (bicyclic) bond motifs is 1. The molecule has 2 aliphatic heterocycles. The van der Waals surface area contributed by atoms with Gasteiger partial charge in [0.1, 0.15) is 12.4 Å². The second kappa shape index (κ2) is 8.14. The van der Waals surface area contributed by atoms with E-state index >= 15 is 0 Å². The highest BCUT2D eigenvalue weighted by Crippen LogP contribution is 2.36. The number of amides is 1. The van der Waals surface area contributed by atoms with Crippen LogP contribution in [0.5, 0.6) is 17.2 Å². The maximum absolute atomic E-state index is 11.9. The van der Waals surface area contributed by atoms with Crippen molar-refractivity contribution in [3.8, 4) is 17.2 Å².